The SMILES string of the molecule is CCCc1noc(CCCC(=O)Nc2ccc(CC(C)C(=O)O)cc2)n1. The zero-order valence-corrected chi connectivity index (χ0v) is 15.2. The molecule has 2 rings (SSSR count). The van der Waals surface area contributed by atoms with Crippen molar-refractivity contribution >= 4 is 17.6 Å². The number of rotatable bonds is 10. The normalized spacial score (nSPS) is 11.9. The van der Waals surface area contributed by atoms with E-state index < -0.39 is 11.9 Å². The minimum absolute atomic E-state index is 0.0787. The van der Waals surface area contributed by atoms with E-state index in [1.807, 2.05) is 12.1 Å². The van der Waals surface area contributed by atoms with Crippen molar-refractivity contribution in [2.75, 3.05) is 5.32 Å². The predicted molar refractivity (Wildman–Crippen MR) is 96.8 cm³/mol. The molecule has 0 aliphatic heterocycles. The van der Waals surface area contributed by atoms with Gasteiger partial charge in [-0.3, -0.25) is 9.59 Å². The van der Waals surface area contributed by atoms with Gasteiger partial charge in [0, 0.05) is 24.9 Å². The molecule has 0 bridgehead atoms. The van der Waals surface area contributed by atoms with E-state index in [0.29, 0.717) is 43.1 Å². The molecule has 2 aromatic rings. The highest BCUT2D eigenvalue weighted by atomic mass is 16.5. The van der Waals surface area contributed by atoms with Crippen LogP contribution in [0, 0.1) is 5.92 Å². The van der Waals surface area contributed by atoms with Gasteiger partial charge >= 0.3 is 5.97 Å². The van der Waals surface area contributed by atoms with Gasteiger partial charge in [0.1, 0.15) is 0 Å². The van der Waals surface area contributed by atoms with Crippen LogP contribution in [0.15, 0.2) is 28.8 Å². The van der Waals surface area contributed by atoms with E-state index in [2.05, 4.69) is 22.4 Å². The van der Waals surface area contributed by atoms with Crippen molar-refractivity contribution in [1.82, 2.24) is 10.1 Å². The van der Waals surface area contributed by atoms with Crippen molar-refractivity contribution in [2.45, 2.75) is 52.4 Å². The maximum atomic E-state index is 12.0. The molecule has 1 aromatic heterocycles. The molecule has 1 heterocycles. The van der Waals surface area contributed by atoms with Crippen molar-refractivity contribution in [3.05, 3.63) is 41.5 Å². The standard InChI is InChI=1S/C19H25N3O4/c1-3-5-16-21-18(26-22-16)7-4-6-17(23)20-15-10-8-14(9-11-15)12-13(2)19(24)25/h8-11,13H,3-7,12H2,1-2H3,(H,20,23)(H,24,25). The molecule has 0 saturated heterocycles. The largest absolute Gasteiger partial charge is 0.481 e. The van der Waals surface area contributed by atoms with Gasteiger partial charge in [0.05, 0.1) is 5.92 Å². The molecule has 0 saturated carbocycles. The molecule has 1 amide bonds. The van der Waals surface area contributed by atoms with Crippen LogP contribution in [-0.4, -0.2) is 27.1 Å². The summed E-state index contributed by atoms with van der Waals surface area (Å²) in [6.45, 7) is 3.73. The van der Waals surface area contributed by atoms with Gasteiger partial charge in [-0.05, 0) is 37.0 Å². The number of aliphatic carboxylic acids is 1. The third-order valence-electron chi connectivity index (χ3n) is 3.98. The van der Waals surface area contributed by atoms with Gasteiger partial charge in [0.2, 0.25) is 11.8 Å². The molecular formula is C19H25N3O4. The molecule has 7 heteroatoms. The number of anilines is 1. The van der Waals surface area contributed by atoms with Gasteiger partial charge < -0.3 is 14.9 Å². The zero-order chi connectivity index (χ0) is 18.9. The van der Waals surface area contributed by atoms with Crippen molar-refractivity contribution < 1.29 is 19.2 Å². The second-order valence-electron chi connectivity index (χ2n) is 6.40. The van der Waals surface area contributed by atoms with Crippen LogP contribution < -0.4 is 5.32 Å². The molecule has 0 fully saturated rings. The Hall–Kier alpha value is -2.70. The van der Waals surface area contributed by atoms with Crippen molar-refractivity contribution in [3.63, 3.8) is 0 Å². The van der Waals surface area contributed by atoms with E-state index in [4.69, 9.17) is 9.63 Å². The summed E-state index contributed by atoms with van der Waals surface area (Å²) in [6.07, 6.45) is 3.81. The fraction of sp³-hybridized carbons (Fsp3) is 0.474. The van der Waals surface area contributed by atoms with Crippen molar-refractivity contribution in [3.8, 4) is 0 Å². The lowest BCUT2D eigenvalue weighted by atomic mass is 10.0. The Morgan fingerprint density at radius 1 is 1.23 bits per heavy atom. The number of amides is 1. The summed E-state index contributed by atoms with van der Waals surface area (Å²) in [7, 11) is 0. The van der Waals surface area contributed by atoms with Crippen molar-refractivity contribution in [2.24, 2.45) is 5.92 Å². The van der Waals surface area contributed by atoms with Gasteiger partial charge in [-0.15, -0.1) is 0 Å². The Balaban J connectivity index is 1.74. The topological polar surface area (TPSA) is 105 Å². The fourth-order valence-corrected chi connectivity index (χ4v) is 2.51. The predicted octanol–water partition coefficient (Wildman–Crippen LogP) is 3.25. The lowest BCUT2D eigenvalue weighted by Crippen LogP contribution is -2.13. The maximum Gasteiger partial charge on any atom is 0.306 e. The van der Waals surface area contributed by atoms with Crippen LogP contribution >= 0.6 is 0 Å². The average molecular weight is 359 g/mol. The molecule has 2 N–H and O–H groups in total. The third-order valence-corrected chi connectivity index (χ3v) is 3.98. The number of nitrogens with one attached hydrogen (secondary N) is 1. The fourth-order valence-electron chi connectivity index (χ4n) is 2.51. The lowest BCUT2D eigenvalue weighted by molar-refractivity contribution is -0.141. The summed E-state index contributed by atoms with van der Waals surface area (Å²) in [5.74, 6) is -0.0456. The molecular weight excluding hydrogens is 334 g/mol. The van der Waals surface area contributed by atoms with Crippen molar-refractivity contribution in [1.29, 1.82) is 0 Å². The number of carboxylic acid groups (broad SMARTS) is 1. The number of aryl methyl sites for hydroxylation is 2. The van der Waals surface area contributed by atoms with Gasteiger partial charge in [0.25, 0.3) is 0 Å². The van der Waals surface area contributed by atoms with Gasteiger partial charge in [-0.25, -0.2) is 0 Å². The first kappa shape index (κ1) is 19.6. The van der Waals surface area contributed by atoms with Crippen LogP contribution in [0.5, 0.6) is 0 Å². The van der Waals surface area contributed by atoms with Crippen LogP contribution in [0.1, 0.15) is 50.4 Å². The Morgan fingerprint density at radius 3 is 2.62 bits per heavy atom. The Kier molecular flexibility index (Phi) is 7.32. The highest BCUT2D eigenvalue weighted by Gasteiger charge is 2.12. The lowest BCUT2D eigenvalue weighted by Gasteiger charge is -2.08. The van der Waals surface area contributed by atoms with Crippen LogP contribution in [0.3, 0.4) is 0 Å². The van der Waals surface area contributed by atoms with Crippen LogP contribution in [0.25, 0.3) is 0 Å². The number of benzene rings is 1. The van der Waals surface area contributed by atoms with Gasteiger partial charge in [-0.1, -0.05) is 31.1 Å². The summed E-state index contributed by atoms with van der Waals surface area (Å²) in [5, 5.41) is 15.7. The molecule has 1 atom stereocenters. The molecule has 26 heavy (non-hydrogen) atoms. The highest BCUT2D eigenvalue weighted by molar-refractivity contribution is 5.90. The van der Waals surface area contributed by atoms with Gasteiger partial charge in [0.15, 0.2) is 5.82 Å². The second-order valence-corrected chi connectivity index (χ2v) is 6.40. The van der Waals surface area contributed by atoms with E-state index in [0.717, 1.165) is 18.4 Å². The number of nitrogens with zero attached hydrogens (tertiary/aromatic N) is 2. The number of hydrogen-bond acceptors (Lipinski definition) is 5. The molecule has 7 nitrogen and oxygen atoms in total. The summed E-state index contributed by atoms with van der Waals surface area (Å²) in [6, 6.07) is 7.25. The van der Waals surface area contributed by atoms with E-state index in [9.17, 15) is 9.59 Å². The zero-order valence-electron chi connectivity index (χ0n) is 15.2. The van der Waals surface area contributed by atoms with Gasteiger partial charge in [-0.2, -0.15) is 4.98 Å². The van der Waals surface area contributed by atoms with E-state index in [1.54, 1.807) is 19.1 Å². The summed E-state index contributed by atoms with van der Waals surface area (Å²) in [5.41, 5.74) is 1.63. The first-order valence-corrected chi connectivity index (χ1v) is 8.91. The minimum atomic E-state index is -0.814. The number of carboxylic acids is 1. The van der Waals surface area contributed by atoms with E-state index in [-0.39, 0.29) is 5.91 Å². The third kappa shape index (κ3) is 6.31. The van der Waals surface area contributed by atoms with Crippen LogP contribution in [0.2, 0.25) is 0 Å². The number of hydrogen-bond donors (Lipinski definition) is 2. The molecule has 140 valence electrons. The summed E-state index contributed by atoms with van der Waals surface area (Å²) < 4.78 is 5.14. The second kappa shape index (κ2) is 9.70. The molecule has 0 radical (unpaired) electrons. The molecule has 1 aromatic carbocycles. The highest BCUT2D eigenvalue weighted by Crippen LogP contribution is 2.14. The summed E-state index contributed by atoms with van der Waals surface area (Å²) in [4.78, 5) is 27.2. The quantitative estimate of drug-likeness (QED) is 0.674. The molecule has 0 spiro atoms. The average Bonchev–Trinajstić information content (AvgIpc) is 3.04. The number of carbonyl (C=O) groups excluding carboxylic acids is 1. The maximum absolute atomic E-state index is 12.0. The van der Waals surface area contributed by atoms with E-state index >= 15 is 0 Å². The summed E-state index contributed by atoms with van der Waals surface area (Å²) >= 11 is 0. The minimum Gasteiger partial charge on any atom is -0.481 e. The Labute approximate surface area is 152 Å². The Morgan fingerprint density at radius 2 is 1.96 bits per heavy atom. The Bertz CT molecular complexity index is 725. The monoisotopic (exact) mass is 359 g/mol. The molecule has 0 aliphatic rings. The smallest absolute Gasteiger partial charge is 0.306 e. The first-order valence-electron chi connectivity index (χ1n) is 8.91. The molecule has 1 unspecified atom stereocenters. The number of carbonyl (C=O) groups is 2. The van der Waals surface area contributed by atoms with Crippen LogP contribution in [-0.2, 0) is 28.9 Å². The van der Waals surface area contributed by atoms with Crippen LogP contribution in [0.4, 0.5) is 5.69 Å². The molecule has 0 aliphatic carbocycles. The first-order chi connectivity index (χ1) is 12.5. The van der Waals surface area contributed by atoms with E-state index in [1.165, 1.54) is 0 Å². The number of aromatic nitrogens is 2.